The first-order chi connectivity index (χ1) is 11.9. The molecule has 0 saturated carbocycles. The summed E-state index contributed by atoms with van der Waals surface area (Å²) in [7, 11) is 0. The molecule has 0 aromatic carbocycles. The molecule has 0 amide bonds. The molecule has 0 spiro atoms. The molecule has 0 fully saturated rings. The summed E-state index contributed by atoms with van der Waals surface area (Å²) in [4.78, 5) is 48.2. The third kappa shape index (κ3) is 42.7. The van der Waals surface area contributed by atoms with Crippen LogP contribution in [0.25, 0.3) is 0 Å². The fourth-order valence-corrected chi connectivity index (χ4v) is 0.459. The molecule has 0 bridgehead atoms. The Hall–Kier alpha value is -3.69. The molecule has 0 aliphatic carbocycles. The first kappa shape index (κ1) is 30.2. The summed E-state index contributed by atoms with van der Waals surface area (Å²) >= 11 is 0. The highest BCUT2D eigenvalue weighted by Gasteiger charge is 2.07. The van der Waals surface area contributed by atoms with Crippen molar-refractivity contribution in [1.82, 2.24) is 0 Å². The molecule has 0 radical (unpaired) electrons. The van der Waals surface area contributed by atoms with Crippen molar-refractivity contribution in [1.29, 1.82) is 0 Å². The van der Waals surface area contributed by atoms with E-state index in [4.69, 9.17) is 20.4 Å². The average molecular weight is 374 g/mol. The normalized spacial score (nSPS) is 7.42. The van der Waals surface area contributed by atoms with Gasteiger partial charge in [0, 0.05) is 23.8 Å². The number of esters is 1. The Morgan fingerprint density at radius 2 is 1.19 bits per heavy atom. The number of carbonyl (C=O) groups is 5. The minimum Gasteiger partial charge on any atom is -0.481 e. The molecule has 26 heavy (non-hydrogen) atoms. The lowest BCUT2D eigenvalue weighted by Gasteiger charge is -1.91. The Kier molecular flexibility index (Phi) is 24.8. The van der Waals surface area contributed by atoms with Gasteiger partial charge in [-0.05, 0) is 6.92 Å². The molecule has 0 saturated heterocycles. The van der Waals surface area contributed by atoms with Gasteiger partial charge in [0.25, 0.3) is 0 Å². The van der Waals surface area contributed by atoms with Crippen LogP contribution in [0.2, 0.25) is 0 Å². The number of hydrogen-bond donors (Lipinski definition) is 4. The van der Waals surface area contributed by atoms with Gasteiger partial charge in [-0.1, -0.05) is 26.3 Å². The first-order valence-electron chi connectivity index (χ1n) is 6.52. The number of ether oxygens (including phenoxy) is 1. The maximum atomic E-state index is 10.1. The third-order valence-electron chi connectivity index (χ3n) is 1.47. The Balaban J connectivity index is -0.000000128. The highest BCUT2D eigenvalue weighted by molar-refractivity contribution is 5.91. The van der Waals surface area contributed by atoms with E-state index in [1.54, 1.807) is 6.92 Å². The molecule has 10 heteroatoms. The molecule has 0 unspecified atom stereocenters. The lowest BCUT2D eigenvalue weighted by atomic mass is 10.2. The summed E-state index contributed by atoms with van der Waals surface area (Å²) in [5, 5.41) is 31.3. The zero-order chi connectivity index (χ0) is 21.7. The second-order valence-electron chi connectivity index (χ2n) is 3.52. The molecule has 0 rings (SSSR count). The molecular weight excluding hydrogens is 352 g/mol. The number of carboxylic acids is 4. The van der Waals surface area contributed by atoms with Crippen molar-refractivity contribution in [2.45, 2.75) is 13.3 Å². The van der Waals surface area contributed by atoms with E-state index >= 15 is 0 Å². The topological polar surface area (TPSA) is 175 Å². The van der Waals surface area contributed by atoms with Crippen LogP contribution in [0.5, 0.6) is 0 Å². The number of aliphatic carboxylic acids is 4. The fourth-order valence-electron chi connectivity index (χ4n) is 0.459. The number of hydrogen-bond acceptors (Lipinski definition) is 6. The van der Waals surface area contributed by atoms with E-state index in [1.807, 2.05) is 0 Å². The molecule has 0 atom stereocenters. The molecule has 0 aliphatic rings. The van der Waals surface area contributed by atoms with Crippen molar-refractivity contribution in [2.24, 2.45) is 0 Å². The van der Waals surface area contributed by atoms with Crippen molar-refractivity contribution in [3.63, 3.8) is 0 Å². The van der Waals surface area contributed by atoms with E-state index in [0.717, 1.165) is 18.2 Å². The van der Waals surface area contributed by atoms with Gasteiger partial charge in [0.2, 0.25) is 0 Å². The zero-order valence-corrected chi connectivity index (χ0v) is 14.2. The van der Waals surface area contributed by atoms with Crippen molar-refractivity contribution >= 4 is 29.8 Å². The minimum absolute atomic E-state index is 0.303. The Morgan fingerprint density at radius 1 is 0.846 bits per heavy atom. The number of carbonyl (C=O) groups excluding carboxylic acids is 1. The lowest BCUT2D eigenvalue weighted by molar-refractivity contribution is -0.139. The predicted octanol–water partition coefficient (Wildman–Crippen LogP) is 1.35. The predicted molar refractivity (Wildman–Crippen MR) is 91.5 cm³/mol. The summed E-state index contributed by atoms with van der Waals surface area (Å²) in [5.41, 5.74) is -0.303. The second-order valence-corrected chi connectivity index (χ2v) is 3.52. The zero-order valence-electron chi connectivity index (χ0n) is 14.2. The summed E-state index contributed by atoms with van der Waals surface area (Å²) < 4.78 is 4.43. The van der Waals surface area contributed by atoms with E-state index in [0.29, 0.717) is 6.61 Å². The number of carboxylic acid groups (broad SMARTS) is 4. The number of rotatable bonds is 7. The Morgan fingerprint density at radius 3 is 1.27 bits per heavy atom. The summed E-state index contributed by atoms with van der Waals surface area (Å²) in [6.07, 6.45) is 2.30. The van der Waals surface area contributed by atoms with Crippen molar-refractivity contribution < 1.29 is 49.1 Å². The van der Waals surface area contributed by atoms with Crippen molar-refractivity contribution in [3.8, 4) is 0 Å². The van der Waals surface area contributed by atoms with Crippen LogP contribution in [0.3, 0.4) is 0 Å². The van der Waals surface area contributed by atoms with Gasteiger partial charge >= 0.3 is 29.8 Å². The van der Waals surface area contributed by atoms with Crippen LogP contribution in [0.4, 0.5) is 0 Å². The van der Waals surface area contributed by atoms with Crippen LogP contribution in [-0.2, 0) is 28.7 Å². The molecule has 146 valence electrons. The van der Waals surface area contributed by atoms with Crippen LogP contribution < -0.4 is 0 Å². The van der Waals surface area contributed by atoms with Gasteiger partial charge in [0.05, 0.1) is 13.0 Å². The molecule has 4 N–H and O–H groups in total. The van der Waals surface area contributed by atoms with Crippen LogP contribution in [0.15, 0.2) is 50.1 Å². The molecule has 0 aromatic heterocycles. The van der Waals surface area contributed by atoms with Gasteiger partial charge in [-0.2, -0.15) is 0 Å². The third-order valence-corrected chi connectivity index (χ3v) is 1.47. The van der Waals surface area contributed by atoms with Crippen LogP contribution in [-0.4, -0.2) is 56.9 Å². The van der Waals surface area contributed by atoms with Crippen molar-refractivity contribution in [3.05, 3.63) is 50.1 Å². The van der Waals surface area contributed by atoms with Gasteiger partial charge in [-0.25, -0.2) is 19.2 Å². The van der Waals surface area contributed by atoms with Gasteiger partial charge in [0.1, 0.15) is 0 Å². The highest BCUT2D eigenvalue weighted by atomic mass is 16.5. The molecule has 0 aromatic rings. The summed E-state index contributed by atoms with van der Waals surface area (Å²) in [6, 6.07) is 0. The second kappa shape index (κ2) is 21.3. The average Bonchev–Trinajstić information content (AvgIpc) is 2.55. The maximum Gasteiger partial charge on any atom is 0.331 e. The van der Waals surface area contributed by atoms with E-state index in [1.165, 1.54) is 0 Å². The molecule has 0 aliphatic heterocycles. The largest absolute Gasteiger partial charge is 0.481 e. The fraction of sp³-hybridized carbons (Fsp3) is 0.188. The van der Waals surface area contributed by atoms with E-state index < -0.39 is 30.3 Å². The van der Waals surface area contributed by atoms with E-state index in [2.05, 4.69) is 31.1 Å². The molecular formula is C16H22O10. The smallest absolute Gasteiger partial charge is 0.331 e. The Labute approximate surface area is 150 Å². The van der Waals surface area contributed by atoms with Gasteiger partial charge in [-0.3, -0.25) is 4.79 Å². The minimum atomic E-state index is -1.27. The van der Waals surface area contributed by atoms with E-state index in [9.17, 15) is 24.0 Å². The quantitative estimate of drug-likeness (QED) is 0.376. The van der Waals surface area contributed by atoms with Crippen LogP contribution in [0.1, 0.15) is 13.3 Å². The Bertz CT molecular complexity index is 513. The van der Waals surface area contributed by atoms with Gasteiger partial charge in [-0.15, -0.1) is 0 Å². The highest BCUT2D eigenvalue weighted by Crippen LogP contribution is 1.95. The first-order valence-corrected chi connectivity index (χ1v) is 6.52. The molecule has 10 nitrogen and oxygen atoms in total. The monoisotopic (exact) mass is 374 g/mol. The van der Waals surface area contributed by atoms with E-state index in [-0.39, 0.29) is 11.5 Å². The molecule has 0 heterocycles. The van der Waals surface area contributed by atoms with Crippen LogP contribution >= 0.6 is 0 Å². The lowest BCUT2D eigenvalue weighted by Crippen LogP contribution is -2.04. The standard InChI is InChI=1S/C5H6O4.C5H8O2.2C3H4O2/c1-3(5(8)9)2-4(6)7;1-3-5(6)7-4-2;2*1-2-3(4)5/h1-2H2,(H,6,7)(H,8,9);3H,1,4H2,2H3;2*2H,1H2,(H,4,5). The van der Waals surface area contributed by atoms with Crippen LogP contribution in [0, 0.1) is 0 Å². The van der Waals surface area contributed by atoms with Gasteiger partial charge in [0.15, 0.2) is 0 Å². The summed E-state index contributed by atoms with van der Waals surface area (Å²) in [6.45, 7) is 14.3. The SMILES string of the molecule is C=C(CC(=O)O)C(=O)O.C=CC(=O)O.C=CC(=O)O.C=CC(=O)OCC. The van der Waals surface area contributed by atoms with Crippen molar-refractivity contribution in [2.75, 3.05) is 6.61 Å². The maximum absolute atomic E-state index is 10.1. The van der Waals surface area contributed by atoms with Gasteiger partial charge < -0.3 is 25.2 Å². The summed E-state index contributed by atoms with van der Waals surface area (Å²) in [5.74, 6) is -4.77.